The molecule has 0 aromatic rings. The summed E-state index contributed by atoms with van der Waals surface area (Å²) in [7, 11) is 0. The predicted molar refractivity (Wildman–Crippen MR) is 65.1 cm³/mol. The van der Waals surface area contributed by atoms with E-state index >= 15 is 0 Å². The van der Waals surface area contributed by atoms with Crippen molar-refractivity contribution in [2.24, 2.45) is 5.41 Å². The van der Waals surface area contributed by atoms with Crippen molar-refractivity contribution in [2.45, 2.75) is 72.1 Å². The van der Waals surface area contributed by atoms with Gasteiger partial charge in [0.15, 0.2) is 0 Å². The Balaban J connectivity index is 2.46. The van der Waals surface area contributed by atoms with Gasteiger partial charge in [0.05, 0.1) is 12.7 Å². The van der Waals surface area contributed by atoms with E-state index < -0.39 is 0 Å². The van der Waals surface area contributed by atoms with Crippen molar-refractivity contribution in [3.63, 3.8) is 0 Å². The average molecular weight is 213 g/mol. The summed E-state index contributed by atoms with van der Waals surface area (Å²) in [6, 6.07) is 1.12. The zero-order chi connectivity index (χ0) is 11.5. The summed E-state index contributed by atoms with van der Waals surface area (Å²) < 4.78 is 5.74. The highest BCUT2D eigenvalue weighted by Gasteiger charge is 2.36. The highest BCUT2D eigenvalue weighted by molar-refractivity contribution is 4.90. The van der Waals surface area contributed by atoms with Gasteiger partial charge in [-0.25, -0.2) is 0 Å². The fourth-order valence-corrected chi connectivity index (χ4v) is 2.56. The average Bonchev–Trinajstić information content (AvgIpc) is 2.09. The summed E-state index contributed by atoms with van der Waals surface area (Å²) in [6.07, 6.45) is 4.07. The van der Waals surface area contributed by atoms with Crippen LogP contribution >= 0.6 is 0 Å². The van der Waals surface area contributed by atoms with Crippen molar-refractivity contribution in [3.8, 4) is 0 Å². The largest absolute Gasteiger partial charge is 0.377 e. The minimum atomic E-state index is 0.361. The fraction of sp³-hybridized carbons (Fsp3) is 1.00. The van der Waals surface area contributed by atoms with E-state index in [9.17, 15) is 0 Å². The van der Waals surface area contributed by atoms with E-state index in [2.05, 4.69) is 39.9 Å². The van der Waals surface area contributed by atoms with Crippen LogP contribution in [0.4, 0.5) is 0 Å². The molecule has 0 amide bonds. The molecular weight excluding hydrogens is 186 g/mol. The van der Waals surface area contributed by atoms with Gasteiger partial charge in [0.25, 0.3) is 0 Å². The molecule has 1 heterocycles. The molecule has 2 nitrogen and oxygen atoms in total. The van der Waals surface area contributed by atoms with E-state index in [1.165, 1.54) is 12.8 Å². The van der Waals surface area contributed by atoms with Crippen LogP contribution in [-0.2, 0) is 4.74 Å². The van der Waals surface area contributed by atoms with E-state index in [1.807, 2.05) is 0 Å². The van der Waals surface area contributed by atoms with Gasteiger partial charge < -0.3 is 10.1 Å². The zero-order valence-corrected chi connectivity index (χ0v) is 11.0. The molecule has 0 aromatic heterocycles. The molecular formula is C13H27NO. The number of hydrogen-bond acceptors (Lipinski definition) is 2. The van der Waals surface area contributed by atoms with E-state index in [4.69, 9.17) is 4.74 Å². The van der Waals surface area contributed by atoms with Crippen LogP contribution in [0.5, 0.6) is 0 Å². The quantitative estimate of drug-likeness (QED) is 0.775. The monoisotopic (exact) mass is 213 g/mol. The van der Waals surface area contributed by atoms with Crippen molar-refractivity contribution in [3.05, 3.63) is 0 Å². The molecule has 1 saturated heterocycles. The lowest BCUT2D eigenvalue weighted by molar-refractivity contribution is -0.0538. The fourth-order valence-electron chi connectivity index (χ4n) is 2.56. The van der Waals surface area contributed by atoms with Crippen molar-refractivity contribution < 1.29 is 4.74 Å². The Kier molecular flexibility index (Phi) is 4.60. The second kappa shape index (κ2) is 5.31. The predicted octanol–water partition coefficient (Wildman–Crippen LogP) is 2.97. The van der Waals surface area contributed by atoms with Crippen LogP contribution in [0.3, 0.4) is 0 Å². The maximum Gasteiger partial charge on any atom is 0.0628 e. The number of ether oxygens (including phenoxy) is 1. The number of hydrogen-bond donors (Lipinski definition) is 1. The molecule has 1 N–H and O–H groups in total. The van der Waals surface area contributed by atoms with Gasteiger partial charge in [-0.2, -0.15) is 0 Å². The Bertz CT molecular complexity index is 191. The first-order valence-electron chi connectivity index (χ1n) is 6.33. The second-order valence-corrected chi connectivity index (χ2v) is 5.75. The molecule has 0 aliphatic carbocycles. The van der Waals surface area contributed by atoms with E-state index in [0.717, 1.165) is 13.0 Å². The molecule has 3 atom stereocenters. The van der Waals surface area contributed by atoms with Crippen LogP contribution in [0.25, 0.3) is 0 Å². The summed E-state index contributed by atoms with van der Waals surface area (Å²) in [5.74, 6) is 0. The molecule has 90 valence electrons. The molecule has 1 aliphatic heterocycles. The van der Waals surface area contributed by atoms with Gasteiger partial charge in [0.1, 0.15) is 0 Å². The highest BCUT2D eigenvalue weighted by Crippen LogP contribution is 2.32. The minimum absolute atomic E-state index is 0.361. The van der Waals surface area contributed by atoms with Crippen molar-refractivity contribution >= 4 is 0 Å². The molecule has 3 unspecified atom stereocenters. The van der Waals surface area contributed by atoms with Crippen LogP contribution in [0.2, 0.25) is 0 Å². The SMILES string of the molecule is CCCC(C)NC1COC(C)CC1(C)C. The normalized spacial score (nSPS) is 32.6. The van der Waals surface area contributed by atoms with E-state index in [0.29, 0.717) is 23.6 Å². The molecule has 0 spiro atoms. The van der Waals surface area contributed by atoms with E-state index in [-0.39, 0.29) is 0 Å². The highest BCUT2D eigenvalue weighted by atomic mass is 16.5. The first-order chi connectivity index (χ1) is 6.95. The first-order valence-corrected chi connectivity index (χ1v) is 6.33. The van der Waals surface area contributed by atoms with Crippen molar-refractivity contribution in [1.29, 1.82) is 0 Å². The molecule has 1 rings (SSSR count). The Hall–Kier alpha value is -0.0800. The molecule has 0 bridgehead atoms. The lowest BCUT2D eigenvalue weighted by atomic mass is 9.77. The third-order valence-corrected chi connectivity index (χ3v) is 3.51. The standard InChI is InChI=1S/C13H27NO/c1-6-7-10(2)14-12-9-15-11(3)8-13(12,4)5/h10-12,14H,6-9H2,1-5H3. The maximum atomic E-state index is 5.74. The van der Waals surface area contributed by atoms with Gasteiger partial charge in [0.2, 0.25) is 0 Å². The summed E-state index contributed by atoms with van der Waals surface area (Å²) in [6.45, 7) is 12.3. The third kappa shape index (κ3) is 3.76. The second-order valence-electron chi connectivity index (χ2n) is 5.75. The lowest BCUT2D eigenvalue weighted by Crippen LogP contribution is -2.53. The van der Waals surface area contributed by atoms with Crippen LogP contribution < -0.4 is 5.32 Å². The third-order valence-electron chi connectivity index (χ3n) is 3.51. The summed E-state index contributed by atoms with van der Waals surface area (Å²) in [5.41, 5.74) is 0.361. The van der Waals surface area contributed by atoms with Gasteiger partial charge in [-0.05, 0) is 32.1 Å². The van der Waals surface area contributed by atoms with Gasteiger partial charge in [-0.1, -0.05) is 27.2 Å². The Labute approximate surface area is 94.8 Å². The topological polar surface area (TPSA) is 21.3 Å². The molecule has 0 aromatic carbocycles. The maximum absolute atomic E-state index is 5.74. The van der Waals surface area contributed by atoms with Crippen molar-refractivity contribution in [2.75, 3.05) is 6.61 Å². The van der Waals surface area contributed by atoms with Crippen LogP contribution in [0.1, 0.15) is 53.9 Å². The molecule has 1 aliphatic rings. The number of nitrogens with one attached hydrogen (secondary N) is 1. The van der Waals surface area contributed by atoms with Crippen LogP contribution in [0, 0.1) is 5.41 Å². The molecule has 15 heavy (non-hydrogen) atoms. The van der Waals surface area contributed by atoms with Crippen molar-refractivity contribution in [1.82, 2.24) is 5.32 Å². The van der Waals surface area contributed by atoms with E-state index in [1.54, 1.807) is 0 Å². The number of rotatable bonds is 4. The van der Waals surface area contributed by atoms with Gasteiger partial charge in [0, 0.05) is 12.1 Å². The Morgan fingerprint density at radius 2 is 2.13 bits per heavy atom. The van der Waals surface area contributed by atoms with Gasteiger partial charge in [-0.3, -0.25) is 0 Å². The van der Waals surface area contributed by atoms with Crippen LogP contribution in [0.15, 0.2) is 0 Å². The zero-order valence-electron chi connectivity index (χ0n) is 11.0. The molecule has 0 radical (unpaired) electrons. The molecule has 0 saturated carbocycles. The Morgan fingerprint density at radius 3 is 2.67 bits per heavy atom. The smallest absolute Gasteiger partial charge is 0.0628 e. The molecule has 1 fully saturated rings. The Morgan fingerprint density at radius 1 is 1.47 bits per heavy atom. The van der Waals surface area contributed by atoms with Crippen LogP contribution in [-0.4, -0.2) is 24.8 Å². The first kappa shape index (κ1) is 13.0. The minimum Gasteiger partial charge on any atom is -0.377 e. The summed E-state index contributed by atoms with van der Waals surface area (Å²) in [4.78, 5) is 0. The summed E-state index contributed by atoms with van der Waals surface area (Å²) >= 11 is 0. The molecule has 2 heteroatoms. The lowest BCUT2D eigenvalue weighted by Gasteiger charge is -2.43. The van der Waals surface area contributed by atoms with Gasteiger partial charge in [-0.15, -0.1) is 0 Å². The van der Waals surface area contributed by atoms with Gasteiger partial charge >= 0.3 is 0 Å². The summed E-state index contributed by atoms with van der Waals surface area (Å²) in [5, 5.41) is 3.71.